The number of benzene rings is 2. The van der Waals surface area contributed by atoms with E-state index in [1.54, 1.807) is 6.07 Å². The van der Waals surface area contributed by atoms with Crippen molar-refractivity contribution in [2.24, 2.45) is 0 Å². The van der Waals surface area contributed by atoms with Gasteiger partial charge in [-0.25, -0.2) is 0 Å². The Bertz CT molecular complexity index is 729. The van der Waals surface area contributed by atoms with Gasteiger partial charge in [-0.1, -0.05) is 43.3 Å². The zero-order valence-electron chi connectivity index (χ0n) is 14.8. The topological polar surface area (TPSA) is 43.8 Å². The maximum atomic E-state index is 12.7. The Labute approximate surface area is 149 Å². The number of anilines is 1. The van der Waals surface area contributed by atoms with Gasteiger partial charge in [0.05, 0.1) is 0 Å². The fraction of sp³-hybridized carbons (Fsp3) is 0.381. The summed E-state index contributed by atoms with van der Waals surface area (Å²) in [6, 6.07) is 15.6. The molecule has 1 heterocycles. The van der Waals surface area contributed by atoms with E-state index < -0.39 is 0 Å². The van der Waals surface area contributed by atoms with E-state index in [0.717, 1.165) is 37.2 Å². The minimum absolute atomic E-state index is 0.184. The third kappa shape index (κ3) is 4.20. The third-order valence-electron chi connectivity index (χ3n) is 4.76. The van der Waals surface area contributed by atoms with Gasteiger partial charge in [-0.2, -0.15) is 0 Å². The largest absolute Gasteiger partial charge is 0.508 e. The van der Waals surface area contributed by atoms with Crippen LogP contribution in [0.2, 0.25) is 0 Å². The minimum atomic E-state index is 0.184. The van der Waals surface area contributed by atoms with Crippen molar-refractivity contribution in [3.63, 3.8) is 0 Å². The van der Waals surface area contributed by atoms with Crippen molar-refractivity contribution < 1.29 is 9.90 Å². The first-order valence-electron chi connectivity index (χ1n) is 9.06. The van der Waals surface area contributed by atoms with Crippen LogP contribution < -0.4 is 4.90 Å². The monoisotopic (exact) mass is 338 g/mol. The number of carbonyl (C=O) groups is 1. The minimum Gasteiger partial charge on any atom is -0.508 e. The Kier molecular flexibility index (Phi) is 5.71. The van der Waals surface area contributed by atoms with Crippen molar-refractivity contribution in [1.29, 1.82) is 0 Å². The van der Waals surface area contributed by atoms with E-state index >= 15 is 0 Å². The summed E-state index contributed by atoms with van der Waals surface area (Å²) >= 11 is 0. The number of hydrogen-bond donors (Lipinski definition) is 1. The molecule has 0 aromatic heterocycles. The number of nitrogens with zero attached hydrogens (tertiary/aromatic N) is 2. The molecule has 0 radical (unpaired) electrons. The highest BCUT2D eigenvalue weighted by Gasteiger charge is 2.24. The van der Waals surface area contributed by atoms with Gasteiger partial charge in [-0.3, -0.25) is 9.69 Å². The first-order chi connectivity index (χ1) is 12.2. The normalized spacial score (nSPS) is 13.3. The van der Waals surface area contributed by atoms with E-state index in [2.05, 4.69) is 17.9 Å². The van der Waals surface area contributed by atoms with Crippen LogP contribution in [0.15, 0.2) is 48.5 Å². The zero-order valence-corrected chi connectivity index (χ0v) is 14.8. The molecule has 1 aliphatic heterocycles. The van der Waals surface area contributed by atoms with Gasteiger partial charge in [0.2, 0.25) is 5.91 Å². The van der Waals surface area contributed by atoms with E-state index in [1.807, 2.05) is 41.3 Å². The smallest absolute Gasteiger partial charge is 0.228 e. The van der Waals surface area contributed by atoms with Crippen molar-refractivity contribution in [2.75, 3.05) is 24.5 Å². The summed E-state index contributed by atoms with van der Waals surface area (Å²) in [7, 11) is 0. The van der Waals surface area contributed by atoms with E-state index in [4.69, 9.17) is 0 Å². The van der Waals surface area contributed by atoms with Crippen LogP contribution in [0.4, 0.5) is 5.69 Å². The van der Waals surface area contributed by atoms with Crippen molar-refractivity contribution in [3.8, 4) is 5.75 Å². The summed E-state index contributed by atoms with van der Waals surface area (Å²) in [6.45, 7) is 5.21. The number of rotatable bonds is 7. The number of carbonyl (C=O) groups excluding carboxylic acids is 1. The summed E-state index contributed by atoms with van der Waals surface area (Å²) in [4.78, 5) is 16.8. The molecule has 0 saturated carbocycles. The van der Waals surface area contributed by atoms with Crippen LogP contribution >= 0.6 is 0 Å². The maximum Gasteiger partial charge on any atom is 0.228 e. The van der Waals surface area contributed by atoms with Crippen LogP contribution in [0.1, 0.15) is 30.9 Å². The Hall–Kier alpha value is -2.33. The molecule has 4 nitrogen and oxygen atoms in total. The second-order valence-corrected chi connectivity index (χ2v) is 6.58. The molecule has 0 bridgehead atoms. The molecule has 2 aromatic rings. The van der Waals surface area contributed by atoms with Gasteiger partial charge >= 0.3 is 0 Å². The molecule has 3 rings (SSSR count). The van der Waals surface area contributed by atoms with E-state index in [9.17, 15) is 9.90 Å². The van der Waals surface area contributed by atoms with Crippen LogP contribution in [-0.2, 0) is 17.8 Å². The molecule has 0 saturated heterocycles. The second-order valence-electron chi connectivity index (χ2n) is 6.58. The molecule has 1 amide bonds. The third-order valence-corrected chi connectivity index (χ3v) is 4.76. The number of amides is 1. The van der Waals surface area contributed by atoms with Gasteiger partial charge in [0.1, 0.15) is 5.75 Å². The van der Waals surface area contributed by atoms with Crippen molar-refractivity contribution in [2.45, 2.75) is 32.7 Å². The fourth-order valence-electron chi connectivity index (χ4n) is 3.46. The number of aromatic hydroxyl groups is 1. The number of phenolic OH excluding ortho intramolecular Hbond substituents is 1. The first kappa shape index (κ1) is 17.5. The lowest BCUT2D eigenvalue weighted by molar-refractivity contribution is -0.118. The summed E-state index contributed by atoms with van der Waals surface area (Å²) < 4.78 is 0. The summed E-state index contributed by atoms with van der Waals surface area (Å²) in [5, 5.41) is 9.99. The van der Waals surface area contributed by atoms with Crippen molar-refractivity contribution >= 4 is 11.6 Å². The molecule has 132 valence electrons. The molecule has 0 atom stereocenters. The Morgan fingerprint density at radius 1 is 1.12 bits per heavy atom. The van der Waals surface area contributed by atoms with Crippen molar-refractivity contribution in [3.05, 3.63) is 59.7 Å². The van der Waals surface area contributed by atoms with Gasteiger partial charge in [0.25, 0.3) is 0 Å². The predicted octanol–water partition coefficient (Wildman–Crippen LogP) is 3.58. The SMILES string of the molecule is CCCN(CCC(=O)N1CCc2ccccc21)Cc1ccccc1O. The zero-order chi connectivity index (χ0) is 17.6. The second kappa shape index (κ2) is 8.17. The van der Waals surface area contributed by atoms with Gasteiger partial charge in [0, 0.05) is 37.3 Å². The van der Waals surface area contributed by atoms with Crippen LogP contribution in [0.25, 0.3) is 0 Å². The first-order valence-corrected chi connectivity index (χ1v) is 9.06. The molecule has 0 fully saturated rings. The number of fused-ring (bicyclic) bond motifs is 1. The average Bonchev–Trinajstić information content (AvgIpc) is 3.05. The molecule has 0 aliphatic carbocycles. The quantitative estimate of drug-likeness (QED) is 0.839. The molecule has 0 unspecified atom stereocenters. The summed E-state index contributed by atoms with van der Waals surface area (Å²) in [6.07, 6.45) is 2.47. The molecule has 4 heteroatoms. The predicted molar refractivity (Wildman–Crippen MR) is 101 cm³/mol. The molecule has 1 aliphatic rings. The maximum absolute atomic E-state index is 12.7. The number of hydrogen-bond acceptors (Lipinski definition) is 3. The van der Waals surface area contributed by atoms with Gasteiger partial charge < -0.3 is 10.0 Å². The molecular formula is C21H26N2O2. The Balaban J connectivity index is 1.60. The molecule has 25 heavy (non-hydrogen) atoms. The van der Waals surface area contributed by atoms with E-state index in [0.29, 0.717) is 25.3 Å². The average molecular weight is 338 g/mol. The van der Waals surface area contributed by atoms with Crippen LogP contribution in [0.5, 0.6) is 5.75 Å². The van der Waals surface area contributed by atoms with E-state index in [-0.39, 0.29) is 5.91 Å². The van der Waals surface area contributed by atoms with Crippen molar-refractivity contribution in [1.82, 2.24) is 4.90 Å². The summed E-state index contributed by atoms with van der Waals surface area (Å²) in [5.41, 5.74) is 3.24. The van der Waals surface area contributed by atoms with Crippen LogP contribution in [0, 0.1) is 0 Å². The molecular weight excluding hydrogens is 312 g/mol. The lowest BCUT2D eigenvalue weighted by Crippen LogP contribution is -2.33. The lowest BCUT2D eigenvalue weighted by atomic mass is 10.1. The molecule has 1 N–H and O–H groups in total. The number of para-hydroxylation sites is 2. The Morgan fingerprint density at radius 3 is 2.68 bits per heavy atom. The summed E-state index contributed by atoms with van der Waals surface area (Å²) in [5.74, 6) is 0.506. The highest BCUT2D eigenvalue weighted by atomic mass is 16.3. The number of phenols is 1. The van der Waals surface area contributed by atoms with Gasteiger partial charge in [0.15, 0.2) is 0 Å². The fourth-order valence-corrected chi connectivity index (χ4v) is 3.46. The van der Waals surface area contributed by atoms with Crippen LogP contribution in [-0.4, -0.2) is 35.5 Å². The van der Waals surface area contributed by atoms with Gasteiger partial charge in [-0.15, -0.1) is 0 Å². The van der Waals surface area contributed by atoms with Crippen LogP contribution in [0.3, 0.4) is 0 Å². The lowest BCUT2D eigenvalue weighted by Gasteiger charge is -2.24. The van der Waals surface area contributed by atoms with E-state index in [1.165, 1.54) is 5.56 Å². The van der Waals surface area contributed by atoms with Gasteiger partial charge in [-0.05, 0) is 37.1 Å². The molecule has 2 aromatic carbocycles. The Morgan fingerprint density at radius 2 is 1.88 bits per heavy atom. The standard InChI is InChI=1S/C21H26N2O2/c1-2-13-22(16-18-8-4-6-10-20(18)24)14-12-21(25)23-15-11-17-7-3-5-9-19(17)23/h3-10,24H,2,11-16H2,1H3. The molecule has 0 spiro atoms. The highest BCUT2D eigenvalue weighted by molar-refractivity contribution is 5.95. The highest BCUT2D eigenvalue weighted by Crippen LogP contribution is 2.28.